The number of carbonyl (C=O) groups excluding carboxylic acids is 3. The Balaban J connectivity index is 1.43. The standard InChI is InChI=1S/C29H36O10/c1-16-7-9-27-14-35-24(33)12-18-8-10-36-29(17(2)30,25(18)34)19(31)5-4-6-23(32)39-20-13-22(38-21(27)11-16)28(15-37-28)26(20,27)3/h4,6,11-12,19-22,25,31,34H,5,7-10,13-15H2,1-3H3/b6-4-,18-12-/t19-,20+,21+,22+,25+,26+,27+,28-,29-/m0/s1. The fourth-order valence-corrected chi connectivity index (χ4v) is 7.96. The van der Waals surface area contributed by atoms with Gasteiger partial charge >= 0.3 is 11.9 Å². The van der Waals surface area contributed by atoms with Crippen LogP contribution in [0.3, 0.4) is 0 Å². The van der Waals surface area contributed by atoms with E-state index in [0.717, 1.165) is 6.42 Å². The van der Waals surface area contributed by atoms with Gasteiger partial charge in [0, 0.05) is 24.0 Å². The van der Waals surface area contributed by atoms with Gasteiger partial charge in [-0.3, -0.25) is 4.79 Å². The van der Waals surface area contributed by atoms with Crippen molar-refractivity contribution in [3.63, 3.8) is 0 Å². The smallest absolute Gasteiger partial charge is 0.330 e. The molecule has 4 aliphatic heterocycles. The Morgan fingerprint density at radius 1 is 1.08 bits per heavy atom. The maximum Gasteiger partial charge on any atom is 0.330 e. The van der Waals surface area contributed by atoms with Crippen LogP contribution in [0.15, 0.2) is 35.5 Å². The van der Waals surface area contributed by atoms with Crippen molar-refractivity contribution in [1.29, 1.82) is 0 Å². The van der Waals surface area contributed by atoms with E-state index in [1.54, 1.807) is 0 Å². The molecular formula is C29H36O10. The van der Waals surface area contributed by atoms with Gasteiger partial charge in [0.15, 0.2) is 11.4 Å². The number of Topliss-reactive ketones (excluding diaryl/α,β-unsaturated/α-hetero) is 1. The number of aliphatic hydroxyl groups excluding tert-OH is 2. The summed E-state index contributed by atoms with van der Waals surface area (Å²) in [5, 5.41) is 22.2. The SMILES string of the molecule is CC(=O)[C@]12OCC/C(=C/C(=O)OC[C@]34CCC(C)=C[C@H]3O[C@@H]3C[C@@H](OC(=O)/C=C\C[C@@H]1O)[C@@]4(C)[C@]31CO1)[C@H]2O. The van der Waals surface area contributed by atoms with Crippen LogP contribution in [0.4, 0.5) is 0 Å². The number of carbonyl (C=O) groups is 3. The molecular weight excluding hydrogens is 508 g/mol. The molecule has 2 spiro atoms. The van der Waals surface area contributed by atoms with Crippen molar-refractivity contribution in [3.8, 4) is 0 Å². The molecule has 10 nitrogen and oxygen atoms in total. The van der Waals surface area contributed by atoms with Crippen molar-refractivity contribution in [1.82, 2.24) is 0 Å². The van der Waals surface area contributed by atoms with Gasteiger partial charge in [-0.15, -0.1) is 0 Å². The van der Waals surface area contributed by atoms with E-state index in [2.05, 4.69) is 19.9 Å². The van der Waals surface area contributed by atoms with Crippen molar-refractivity contribution >= 4 is 17.7 Å². The highest BCUT2D eigenvalue weighted by atomic mass is 16.6. The molecule has 4 heterocycles. The van der Waals surface area contributed by atoms with E-state index in [1.807, 2.05) is 0 Å². The number of ketones is 1. The number of epoxide rings is 1. The maximum absolute atomic E-state index is 13.2. The van der Waals surface area contributed by atoms with Gasteiger partial charge in [0.25, 0.3) is 0 Å². The molecule has 0 aromatic heterocycles. The minimum Gasteiger partial charge on any atom is -0.462 e. The van der Waals surface area contributed by atoms with Crippen LogP contribution in [0.1, 0.15) is 52.9 Å². The van der Waals surface area contributed by atoms with E-state index in [0.29, 0.717) is 19.4 Å². The number of allylic oxidation sites excluding steroid dienone is 1. The molecule has 6 rings (SSSR count). The van der Waals surface area contributed by atoms with Gasteiger partial charge < -0.3 is 33.9 Å². The molecule has 4 bridgehead atoms. The Morgan fingerprint density at radius 2 is 1.85 bits per heavy atom. The van der Waals surface area contributed by atoms with Crippen molar-refractivity contribution < 1.29 is 48.3 Å². The third kappa shape index (κ3) is 3.61. The molecule has 0 aromatic rings. The lowest BCUT2D eigenvalue weighted by Gasteiger charge is -2.58. The Labute approximate surface area is 226 Å². The zero-order valence-electron chi connectivity index (χ0n) is 22.5. The Morgan fingerprint density at radius 3 is 2.56 bits per heavy atom. The number of hydrogen-bond acceptors (Lipinski definition) is 10. The summed E-state index contributed by atoms with van der Waals surface area (Å²) < 4.78 is 30.4. The van der Waals surface area contributed by atoms with Crippen LogP contribution in [-0.4, -0.2) is 89.5 Å². The van der Waals surface area contributed by atoms with Gasteiger partial charge in [-0.2, -0.15) is 0 Å². The molecule has 2 aliphatic carbocycles. The lowest BCUT2D eigenvalue weighted by molar-refractivity contribution is -0.232. The monoisotopic (exact) mass is 544 g/mol. The van der Waals surface area contributed by atoms with Gasteiger partial charge in [-0.1, -0.05) is 24.6 Å². The normalized spacial score (nSPS) is 49.6. The number of esters is 2. The van der Waals surface area contributed by atoms with Crippen molar-refractivity contribution in [3.05, 3.63) is 35.5 Å². The summed E-state index contributed by atoms with van der Waals surface area (Å²) in [6.45, 7) is 5.82. The predicted molar refractivity (Wildman–Crippen MR) is 134 cm³/mol. The predicted octanol–water partition coefficient (Wildman–Crippen LogP) is 1.47. The molecule has 1 saturated carbocycles. The molecule has 2 N–H and O–H groups in total. The first-order chi connectivity index (χ1) is 18.5. The highest BCUT2D eigenvalue weighted by Crippen LogP contribution is 2.72. The van der Waals surface area contributed by atoms with E-state index >= 15 is 0 Å². The lowest BCUT2D eigenvalue weighted by Crippen LogP contribution is -2.66. The summed E-state index contributed by atoms with van der Waals surface area (Å²) in [6.07, 6.45) is 3.64. The molecule has 10 heteroatoms. The minimum absolute atomic E-state index is 0.00461. The number of fused-ring (bicyclic) bond motifs is 2. The van der Waals surface area contributed by atoms with Gasteiger partial charge in [0.2, 0.25) is 0 Å². The fraction of sp³-hybridized carbons (Fsp3) is 0.690. The van der Waals surface area contributed by atoms with E-state index < -0.39 is 58.1 Å². The molecule has 9 atom stereocenters. The molecule has 212 valence electrons. The molecule has 0 amide bonds. The summed E-state index contributed by atoms with van der Waals surface area (Å²) in [5.74, 6) is -1.86. The zero-order chi connectivity index (χ0) is 27.8. The molecule has 39 heavy (non-hydrogen) atoms. The van der Waals surface area contributed by atoms with E-state index in [9.17, 15) is 24.6 Å². The van der Waals surface area contributed by atoms with Gasteiger partial charge in [-0.05, 0) is 45.1 Å². The largest absolute Gasteiger partial charge is 0.462 e. The average Bonchev–Trinajstić information content (AvgIpc) is 3.66. The highest BCUT2D eigenvalue weighted by Gasteiger charge is 2.83. The van der Waals surface area contributed by atoms with E-state index in [4.69, 9.17) is 23.7 Å². The summed E-state index contributed by atoms with van der Waals surface area (Å²) in [5.41, 5.74) is -2.60. The number of cyclic esters (lactones) is 1. The molecule has 6 aliphatic rings. The number of hydrogen-bond donors (Lipinski definition) is 2. The Kier molecular flexibility index (Phi) is 6.24. The average molecular weight is 545 g/mol. The highest BCUT2D eigenvalue weighted by molar-refractivity contribution is 5.89. The first kappa shape index (κ1) is 26.8. The second-order valence-electron chi connectivity index (χ2n) is 12.1. The first-order valence-electron chi connectivity index (χ1n) is 13.7. The van der Waals surface area contributed by atoms with Crippen LogP contribution in [0.25, 0.3) is 0 Å². The van der Waals surface area contributed by atoms with Gasteiger partial charge in [0.1, 0.15) is 24.4 Å². The Hall–Kier alpha value is -2.37. The fourth-order valence-electron chi connectivity index (χ4n) is 7.96. The van der Waals surface area contributed by atoms with Crippen LogP contribution in [0.2, 0.25) is 0 Å². The van der Waals surface area contributed by atoms with Crippen molar-refractivity contribution in [2.75, 3.05) is 19.8 Å². The maximum atomic E-state index is 13.2. The third-order valence-electron chi connectivity index (χ3n) is 10.4. The van der Waals surface area contributed by atoms with Gasteiger partial charge in [-0.25, -0.2) is 9.59 Å². The van der Waals surface area contributed by atoms with Crippen LogP contribution in [-0.2, 0) is 38.1 Å². The second kappa shape index (κ2) is 9.07. The second-order valence-corrected chi connectivity index (χ2v) is 12.1. The third-order valence-corrected chi connectivity index (χ3v) is 10.4. The number of ether oxygens (including phenoxy) is 5. The van der Waals surface area contributed by atoms with Crippen LogP contribution in [0, 0.1) is 10.8 Å². The molecule has 3 saturated heterocycles. The topological polar surface area (TPSA) is 141 Å². The molecule has 0 aromatic carbocycles. The van der Waals surface area contributed by atoms with Crippen molar-refractivity contribution in [2.45, 2.75) is 94.6 Å². The first-order valence-corrected chi connectivity index (χ1v) is 13.7. The molecule has 0 unspecified atom stereocenters. The van der Waals surface area contributed by atoms with Gasteiger partial charge in [0.05, 0.1) is 36.9 Å². The zero-order valence-corrected chi connectivity index (χ0v) is 22.5. The van der Waals surface area contributed by atoms with Crippen LogP contribution in [0.5, 0.6) is 0 Å². The lowest BCUT2D eigenvalue weighted by atomic mass is 9.51. The van der Waals surface area contributed by atoms with E-state index in [1.165, 1.54) is 30.7 Å². The molecule has 0 radical (unpaired) electrons. The Bertz CT molecular complexity index is 1180. The number of aliphatic hydroxyl groups is 2. The van der Waals surface area contributed by atoms with Crippen molar-refractivity contribution in [2.24, 2.45) is 10.8 Å². The van der Waals surface area contributed by atoms with Crippen LogP contribution >= 0.6 is 0 Å². The van der Waals surface area contributed by atoms with Crippen LogP contribution < -0.4 is 0 Å². The number of rotatable bonds is 1. The summed E-state index contributed by atoms with van der Waals surface area (Å²) in [6, 6.07) is 0. The molecule has 4 fully saturated rings. The summed E-state index contributed by atoms with van der Waals surface area (Å²) in [4.78, 5) is 39.0. The summed E-state index contributed by atoms with van der Waals surface area (Å²) >= 11 is 0. The summed E-state index contributed by atoms with van der Waals surface area (Å²) in [7, 11) is 0. The van der Waals surface area contributed by atoms with E-state index in [-0.39, 0.29) is 43.8 Å². The quantitative estimate of drug-likeness (QED) is 0.283. The minimum atomic E-state index is -1.97.